The first-order valence-corrected chi connectivity index (χ1v) is 10.2. The van der Waals surface area contributed by atoms with E-state index in [1.807, 2.05) is 0 Å². The van der Waals surface area contributed by atoms with E-state index in [1.54, 1.807) is 12.3 Å². The molecule has 0 saturated carbocycles. The van der Waals surface area contributed by atoms with Crippen LogP contribution in [-0.2, 0) is 25.6 Å². The predicted octanol–water partition coefficient (Wildman–Crippen LogP) is 1.03. The molecule has 1 aromatic heterocycles. The standard InChI is InChI=1S/C12H17NO5S3/c1-8-7-19-10(12(14)18-2)11(8)21(16,17)13-9-3-5-20(15)6-4-9/h7,9,13H,3-6H2,1-2H3. The van der Waals surface area contributed by atoms with Crippen molar-refractivity contribution >= 4 is 38.1 Å². The number of rotatable bonds is 4. The molecule has 1 aliphatic heterocycles. The van der Waals surface area contributed by atoms with Gasteiger partial charge in [0.1, 0.15) is 9.77 Å². The Balaban J connectivity index is 2.25. The van der Waals surface area contributed by atoms with Crippen LogP contribution < -0.4 is 4.72 Å². The predicted molar refractivity (Wildman–Crippen MR) is 81.6 cm³/mol. The topological polar surface area (TPSA) is 89.5 Å². The van der Waals surface area contributed by atoms with Crippen LogP contribution in [0, 0.1) is 6.92 Å². The molecule has 0 atom stereocenters. The zero-order chi connectivity index (χ0) is 15.6. The molecule has 1 aliphatic rings. The molecule has 6 nitrogen and oxygen atoms in total. The Labute approximate surface area is 130 Å². The SMILES string of the molecule is COC(=O)c1scc(C)c1S(=O)(=O)NC1CCS(=O)CC1. The molecule has 0 aromatic carbocycles. The maximum absolute atomic E-state index is 12.5. The molecule has 0 spiro atoms. The highest BCUT2D eigenvalue weighted by Crippen LogP contribution is 2.28. The third-order valence-electron chi connectivity index (χ3n) is 3.27. The lowest BCUT2D eigenvalue weighted by molar-refractivity contribution is 0.0602. The average molecular weight is 351 g/mol. The molecule has 1 saturated heterocycles. The monoisotopic (exact) mass is 351 g/mol. The van der Waals surface area contributed by atoms with Crippen LogP contribution in [0.15, 0.2) is 10.3 Å². The van der Waals surface area contributed by atoms with Gasteiger partial charge in [0.05, 0.1) is 7.11 Å². The Hall–Kier alpha value is -0.770. The second-order valence-electron chi connectivity index (χ2n) is 4.81. The summed E-state index contributed by atoms with van der Waals surface area (Å²) in [7, 11) is -3.42. The first kappa shape index (κ1) is 16.6. The van der Waals surface area contributed by atoms with Crippen LogP contribution in [0.3, 0.4) is 0 Å². The van der Waals surface area contributed by atoms with Gasteiger partial charge in [0, 0.05) is 28.3 Å². The summed E-state index contributed by atoms with van der Waals surface area (Å²) in [5.41, 5.74) is 0.521. The van der Waals surface area contributed by atoms with Gasteiger partial charge in [-0.2, -0.15) is 0 Å². The molecular weight excluding hydrogens is 334 g/mol. The highest BCUT2D eigenvalue weighted by atomic mass is 32.2. The fourth-order valence-electron chi connectivity index (χ4n) is 2.19. The van der Waals surface area contributed by atoms with Crippen molar-refractivity contribution in [1.29, 1.82) is 0 Å². The Morgan fingerprint density at radius 2 is 2.05 bits per heavy atom. The third kappa shape index (κ3) is 3.71. The molecular formula is C12H17NO5S3. The maximum Gasteiger partial charge on any atom is 0.349 e. The van der Waals surface area contributed by atoms with Gasteiger partial charge < -0.3 is 4.74 Å². The van der Waals surface area contributed by atoms with Gasteiger partial charge in [-0.15, -0.1) is 11.3 Å². The zero-order valence-electron chi connectivity index (χ0n) is 11.7. The molecule has 0 unspecified atom stereocenters. The number of esters is 1. The van der Waals surface area contributed by atoms with Crippen molar-refractivity contribution < 1.29 is 22.2 Å². The van der Waals surface area contributed by atoms with E-state index in [4.69, 9.17) is 0 Å². The number of carbonyl (C=O) groups is 1. The summed E-state index contributed by atoms with van der Waals surface area (Å²) >= 11 is 1.06. The second kappa shape index (κ2) is 6.55. The minimum atomic E-state index is -3.79. The summed E-state index contributed by atoms with van der Waals surface area (Å²) in [6.07, 6.45) is 1.09. The molecule has 118 valence electrons. The molecule has 1 aromatic rings. The first-order valence-electron chi connectivity index (χ1n) is 6.39. The fraction of sp³-hybridized carbons (Fsp3) is 0.583. The van der Waals surface area contributed by atoms with Crippen molar-refractivity contribution in [3.63, 3.8) is 0 Å². The lowest BCUT2D eigenvalue weighted by atomic mass is 10.2. The summed E-state index contributed by atoms with van der Waals surface area (Å²) in [4.78, 5) is 11.8. The largest absolute Gasteiger partial charge is 0.465 e. The molecule has 2 heterocycles. The Morgan fingerprint density at radius 3 is 2.62 bits per heavy atom. The number of hydrogen-bond acceptors (Lipinski definition) is 6. The molecule has 1 N–H and O–H groups in total. The van der Waals surface area contributed by atoms with E-state index in [1.165, 1.54) is 7.11 Å². The quantitative estimate of drug-likeness (QED) is 0.819. The third-order valence-corrected chi connectivity index (χ3v) is 7.56. The van der Waals surface area contributed by atoms with Crippen LogP contribution in [0.4, 0.5) is 0 Å². The van der Waals surface area contributed by atoms with E-state index in [2.05, 4.69) is 9.46 Å². The summed E-state index contributed by atoms with van der Waals surface area (Å²) in [5, 5.41) is 1.62. The van der Waals surface area contributed by atoms with E-state index < -0.39 is 26.8 Å². The fourth-order valence-corrected chi connectivity index (χ4v) is 6.50. The van der Waals surface area contributed by atoms with Crippen molar-refractivity contribution in [3.8, 4) is 0 Å². The molecule has 2 rings (SSSR count). The molecule has 0 bridgehead atoms. The van der Waals surface area contributed by atoms with Gasteiger partial charge in [0.2, 0.25) is 10.0 Å². The number of thiophene rings is 1. The van der Waals surface area contributed by atoms with Gasteiger partial charge in [0.15, 0.2) is 0 Å². The molecule has 0 radical (unpaired) electrons. The van der Waals surface area contributed by atoms with Crippen LogP contribution in [0.2, 0.25) is 0 Å². The van der Waals surface area contributed by atoms with Crippen LogP contribution in [0.5, 0.6) is 0 Å². The maximum atomic E-state index is 12.5. The van der Waals surface area contributed by atoms with E-state index >= 15 is 0 Å². The van der Waals surface area contributed by atoms with Gasteiger partial charge in [-0.05, 0) is 30.7 Å². The molecule has 21 heavy (non-hydrogen) atoms. The van der Waals surface area contributed by atoms with Gasteiger partial charge in [0.25, 0.3) is 0 Å². The van der Waals surface area contributed by atoms with Crippen molar-refractivity contribution in [1.82, 2.24) is 4.72 Å². The number of aryl methyl sites for hydroxylation is 1. The minimum absolute atomic E-state index is 0.00829. The molecule has 9 heteroatoms. The second-order valence-corrected chi connectivity index (χ2v) is 9.04. The first-order chi connectivity index (χ1) is 9.85. The van der Waals surface area contributed by atoms with Crippen LogP contribution in [0.25, 0.3) is 0 Å². The highest BCUT2D eigenvalue weighted by molar-refractivity contribution is 7.89. The molecule has 1 fully saturated rings. The van der Waals surface area contributed by atoms with Crippen molar-refractivity contribution in [2.24, 2.45) is 0 Å². The number of ether oxygens (including phenoxy) is 1. The van der Waals surface area contributed by atoms with Crippen molar-refractivity contribution in [2.75, 3.05) is 18.6 Å². The van der Waals surface area contributed by atoms with Crippen LogP contribution in [-0.4, -0.2) is 43.3 Å². The Bertz CT molecular complexity index is 654. The van der Waals surface area contributed by atoms with E-state index in [0.717, 1.165) is 11.3 Å². The number of nitrogens with one attached hydrogen (secondary N) is 1. The zero-order valence-corrected chi connectivity index (χ0v) is 14.2. The van der Waals surface area contributed by atoms with Crippen molar-refractivity contribution in [2.45, 2.75) is 30.7 Å². The average Bonchev–Trinajstić information content (AvgIpc) is 2.83. The summed E-state index contributed by atoms with van der Waals surface area (Å²) in [6.45, 7) is 1.65. The van der Waals surface area contributed by atoms with Crippen LogP contribution in [0.1, 0.15) is 28.1 Å². The Morgan fingerprint density at radius 1 is 1.43 bits per heavy atom. The minimum Gasteiger partial charge on any atom is -0.465 e. The lowest BCUT2D eigenvalue weighted by Crippen LogP contribution is -2.40. The number of sulfonamides is 1. The van der Waals surface area contributed by atoms with E-state index in [-0.39, 0.29) is 15.8 Å². The summed E-state index contributed by atoms with van der Waals surface area (Å²) < 4.78 is 43.6. The lowest BCUT2D eigenvalue weighted by Gasteiger charge is -2.22. The summed E-state index contributed by atoms with van der Waals surface area (Å²) in [6, 6.07) is -0.238. The van der Waals surface area contributed by atoms with E-state index in [9.17, 15) is 17.4 Å². The van der Waals surface area contributed by atoms with Gasteiger partial charge in [-0.3, -0.25) is 4.21 Å². The summed E-state index contributed by atoms with van der Waals surface area (Å²) in [5.74, 6) is 0.345. The van der Waals surface area contributed by atoms with Crippen molar-refractivity contribution in [3.05, 3.63) is 15.8 Å². The normalized spacial score (nSPS) is 23.0. The number of methoxy groups -OCH3 is 1. The molecule has 0 aliphatic carbocycles. The van der Waals surface area contributed by atoms with E-state index in [0.29, 0.717) is 29.9 Å². The van der Waals surface area contributed by atoms with Crippen LogP contribution >= 0.6 is 11.3 Å². The number of carbonyl (C=O) groups excluding carboxylic acids is 1. The van der Waals surface area contributed by atoms with Gasteiger partial charge in [-0.25, -0.2) is 17.9 Å². The Kier molecular flexibility index (Phi) is 5.18. The van der Waals surface area contributed by atoms with Gasteiger partial charge >= 0.3 is 5.97 Å². The van der Waals surface area contributed by atoms with Gasteiger partial charge in [-0.1, -0.05) is 0 Å². The number of hydrogen-bond donors (Lipinski definition) is 1. The highest BCUT2D eigenvalue weighted by Gasteiger charge is 2.30. The molecule has 0 amide bonds. The smallest absolute Gasteiger partial charge is 0.349 e.